The van der Waals surface area contributed by atoms with Crippen molar-refractivity contribution in [2.45, 2.75) is 65.3 Å². The third-order valence-corrected chi connectivity index (χ3v) is 2.68. The number of carboxylic acids is 2. The van der Waals surface area contributed by atoms with Crippen molar-refractivity contribution in [1.29, 1.82) is 0 Å². The molecule has 0 saturated carbocycles. The van der Waals surface area contributed by atoms with Crippen molar-refractivity contribution in [3.8, 4) is 9.85 Å². The van der Waals surface area contributed by atoms with E-state index in [1.807, 2.05) is 0 Å². The van der Waals surface area contributed by atoms with Crippen LogP contribution in [0.3, 0.4) is 0 Å². The highest BCUT2D eigenvalue weighted by atomic mass is 127. The minimum Gasteiger partial charge on any atom is -0.481 e. The van der Waals surface area contributed by atoms with E-state index in [2.05, 4.69) is 38.5 Å². The van der Waals surface area contributed by atoms with Gasteiger partial charge in [-0.05, 0) is 17.8 Å². The van der Waals surface area contributed by atoms with Gasteiger partial charge in [0, 0.05) is 22.6 Å². The zero-order chi connectivity index (χ0) is 20.8. The Kier molecular flexibility index (Phi) is 14.5. The highest BCUT2D eigenvalue weighted by Gasteiger charge is 2.27. The molecule has 0 heterocycles. The lowest BCUT2D eigenvalue weighted by Gasteiger charge is -2.26. The molecule has 0 rings (SSSR count). The quantitative estimate of drug-likeness (QED) is 0.147. The molecule has 0 aromatic heterocycles. The van der Waals surface area contributed by atoms with Crippen molar-refractivity contribution in [3.05, 3.63) is 0 Å². The molecule has 148 valence electrons. The van der Waals surface area contributed by atoms with Gasteiger partial charge in [0.25, 0.3) is 0 Å². The zero-order valence-corrected chi connectivity index (χ0v) is 17.3. The predicted molar refractivity (Wildman–Crippen MR) is 100 cm³/mol. The number of ether oxygens (including phenoxy) is 2. The highest BCUT2D eigenvalue weighted by Crippen LogP contribution is 2.07. The van der Waals surface area contributed by atoms with Crippen molar-refractivity contribution in [2.24, 2.45) is 0 Å². The van der Waals surface area contributed by atoms with Gasteiger partial charge >= 0.3 is 30.3 Å². The lowest BCUT2D eigenvalue weighted by molar-refractivity contribution is -0.197. The fourth-order valence-corrected chi connectivity index (χ4v) is 1.78. The Hall–Kier alpha value is -1.87. The molecule has 0 amide bonds. The Morgan fingerprint density at radius 3 is 1.65 bits per heavy atom. The molecule has 0 atom stereocenters. The summed E-state index contributed by atoms with van der Waals surface area (Å²) in [5.74, 6) is -2.48. The van der Waals surface area contributed by atoms with Crippen molar-refractivity contribution in [3.63, 3.8) is 0 Å². The zero-order valence-electron chi connectivity index (χ0n) is 15.1. The lowest BCUT2D eigenvalue weighted by atomic mass is 10.1. The van der Waals surface area contributed by atoms with Gasteiger partial charge in [-0.25, -0.2) is 5.32 Å². The summed E-state index contributed by atoms with van der Waals surface area (Å²) in [6, 6.07) is 0. The SMILES string of the molecule is CC(C)(C#CI)NC(OC(=O)CC(=O)O)OC(=O)CC(=O)O.CCCC. The van der Waals surface area contributed by atoms with E-state index in [4.69, 9.17) is 10.2 Å². The maximum absolute atomic E-state index is 11.3. The minimum atomic E-state index is -1.66. The molecule has 9 nitrogen and oxygen atoms in total. The second kappa shape index (κ2) is 14.3. The van der Waals surface area contributed by atoms with Crippen molar-refractivity contribution in [2.75, 3.05) is 0 Å². The normalized spacial score (nSPS) is 9.92. The summed E-state index contributed by atoms with van der Waals surface area (Å²) < 4.78 is 11.9. The number of halogens is 1. The monoisotopic (exact) mass is 485 g/mol. The van der Waals surface area contributed by atoms with Crippen LogP contribution >= 0.6 is 22.6 Å². The number of hydrogen-bond donors (Lipinski definition) is 3. The largest absolute Gasteiger partial charge is 0.481 e. The molecule has 10 heteroatoms. The summed E-state index contributed by atoms with van der Waals surface area (Å²) in [6.45, 7) is 7.53. The molecular formula is C16H24INO8. The van der Waals surface area contributed by atoms with Crippen LogP contribution in [0.25, 0.3) is 0 Å². The lowest BCUT2D eigenvalue weighted by Crippen LogP contribution is -2.49. The number of hydrogen-bond acceptors (Lipinski definition) is 7. The van der Waals surface area contributed by atoms with E-state index in [0.717, 1.165) is 0 Å². The van der Waals surface area contributed by atoms with Gasteiger partial charge in [0.05, 0.1) is 5.54 Å². The number of esters is 2. The molecule has 0 radical (unpaired) electrons. The topological polar surface area (TPSA) is 139 Å². The Labute approximate surface area is 165 Å². The number of nitrogens with one attached hydrogen (secondary N) is 1. The number of carboxylic acid groups (broad SMARTS) is 2. The van der Waals surface area contributed by atoms with Gasteiger partial charge in [-0.15, -0.1) is 0 Å². The second-order valence-electron chi connectivity index (χ2n) is 5.44. The van der Waals surface area contributed by atoms with Gasteiger partial charge in [-0.2, -0.15) is 0 Å². The van der Waals surface area contributed by atoms with Gasteiger partial charge in [0.1, 0.15) is 12.8 Å². The summed E-state index contributed by atoms with van der Waals surface area (Å²) in [7, 11) is 0. The number of rotatable bonds is 9. The van der Waals surface area contributed by atoms with Crippen LogP contribution in [0.1, 0.15) is 53.4 Å². The smallest absolute Gasteiger partial charge is 0.321 e. The third-order valence-electron chi connectivity index (χ3n) is 2.41. The van der Waals surface area contributed by atoms with Crippen LogP contribution < -0.4 is 5.32 Å². The van der Waals surface area contributed by atoms with Crippen LogP contribution in [0.4, 0.5) is 0 Å². The molecular weight excluding hydrogens is 461 g/mol. The Morgan fingerprint density at radius 2 is 1.38 bits per heavy atom. The molecule has 0 fully saturated rings. The first-order chi connectivity index (χ1) is 12.0. The summed E-state index contributed by atoms with van der Waals surface area (Å²) >= 11 is 1.77. The summed E-state index contributed by atoms with van der Waals surface area (Å²) in [6.07, 6.45) is -0.897. The molecule has 3 N–H and O–H groups in total. The van der Waals surface area contributed by atoms with Gasteiger partial charge in [0.15, 0.2) is 0 Å². The summed E-state index contributed by atoms with van der Waals surface area (Å²) in [5.41, 5.74) is -0.946. The van der Waals surface area contributed by atoms with Crippen molar-refractivity contribution >= 4 is 46.5 Å². The fourth-order valence-electron chi connectivity index (χ4n) is 1.10. The first kappa shape index (κ1) is 26.4. The fraction of sp³-hybridized carbons (Fsp3) is 0.625. The van der Waals surface area contributed by atoms with E-state index < -0.39 is 48.7 Å². The van der Waals surface area contributed by atoms with Crippen molar-refractivity contribution in [1.82, 2.24) is 5.32 Å². The molecule has 0 aliphatic rings. The average Bonchev–Trinajstić information content (AvgIpc) is 2.44. The van der Waals surface area contributed by atoms with Crippen LogP contribution in [0.5, 0.6) is 0 Å². The van der Waals surface area contributed by atoms with Gasteiger partial charge < -0.3 is 19.7 Å². The maximum atomic E-state index is 11.3. The number of unbranched alkanes of at least 4 members (excludes halogenated alkanes) is 1. The van der Waals surface area contributed by atoms with Crippen LogP contribution in [-0.2, 0) is 28.7 Å². The van der Waals surface area contributed by atoms with E-state index in [1.54, 1.807) is 36.4 Å². The second-order valence-corrected chi connectivity index (χ2v) is 5.98. The van der Waals surface area contributed by atoms with Crippen LogP contribution in [0.15, 0.2) is 0 Å². The Morgan fingerprint density at radius 1 is 1.00 bits per heavy atom. The van der Waals surface area contributed by atoms with Gasteiger partial charge in [-0.1, -0.05) is 32.6 Å². The van der Waals surface area contributed by atoms with Gasteiger partial charge in [-0.3, -0.25) is 19.2 Å². The van der Waals surface area contributed by atoms with Crippen LogP contribution in [0, 0.1) is 9.85 Å². The molecule has 0 saturated heterocycles. The van der Waals surface area contributed by atoms with E-state index >= 15 is 0 Å². The third kappa shape index (κ3) is 17.0. The van der Waals surface area contributed by atoms with E-state index in [1.165, 1.54) is 12.8 Å². The average molecular weight is 485 g/mol. The van der Waals surface area contributed by atoms with E-state index in [-0.39, 0.29) is 0 Å². The molecule has 0 spiro atoms. The van der Waals surface area contributed by atoms with E-state index in [0.29, 0.717) is 0 Å². The number of carbonyl (C=O) groups excluding carboxylic acids is 2. The highest BCUT2D eigenvalue weighted by molar-refractivity contribution is 14.1. The van der Waals surface area contributed by atoms with Gasteiger partial charge in [0.2, 0.25) is 0 Å². The molecule has 0 aromatic carbocycles. The van der Waals surface area contributed by atoms with Crippen LogP contribution in [-0.4, -0.2) is 46.0 Å². The Balaban J connectivity index is 0. The maximum Gasteiger partial charge on any atom is 0.321 e. The summed E-state index contributed by atoms with van der Waals surface area (Å²) in [5, 5.41) is 19.5. The first-order valence-corrected chi connectivity index (χ1v) is 8.78. The Bertz CT molecular complexity index is 518. The molecule has 26 heavy (non-hydrogen) atoms. The molecule has 0 aliphatic heterocycles. The summed E-state index contributed by atoms with van der Waals surface area (Å²) in [4.78, 5) is 43.5. The van der Waals surface area contributed by atoms with Crippen LogP contribution in [0.2, 0.25) is 0 Å². The molecule has 0 bridgehead atoms. The molecule has 0 aliphatic carbocycles. The number of carbonyl (C=O) groups is 4. The molecule has 0 unspecified atom stereocenters. The predicted octanol–water partition coefficient (Wildman–Crippen LogP) is 1.88. The van der Waals surface area contributed by atoms with Crippen molar-refractivity contribution < 1.29 is 38.9 Å². The minimum absolute atomic E-state index is 0.937. The first-order valence-electron chi connectivity index (χ1n) is 7.70. The molecule has 0 aromatic rings. The standard InChI is InChI=1S/C12H14INO8.C4H10/c1-12(2,3-4-13)14-11(21-9(19)5-7(15)16)22-10(20)6-8(17)18;1-3-4-2/h11,14H,5-6H2,1-2H3,(H,15,16)(H,17,18);3-4H2,1-2H3. The van der Waals surface area contributed by atoms with E-state index in [9.17, 15) is 19.2 Å². The number of aliphatic carboxylic acids is 2.